The van der Waals surface area contributed by atoms with Crippen molar-refractivity contribution in [2.45, 2.75) is 0 Å². The molecule has 9 nitrogen and oxygen atoms in total. The highest BCUT2D eigenvalue weighted by molar-refractivity contribution is 6.15. The summed E-state index contributed by atoms with van der Waals surface area (Å²) in [5.41, 5.74) is 3.13. The second kappa shape index (κ2) is 8.91. The number of hydrogen-bond donors (Lipinski definition) is 4. The summed E-state index contributed by atoms with van der Waals surface area (Å²) < 4.78 is 10.8. The van der Waals surface area contributed by atoms with Crippen LogP contribution in [0.2, 0.25) is 0 Å². The zero-order valence-electron chi connectivity index (χ0n) is 18.2. The molecule has 0 aliphatic heterocycles. The van der Waals surface area contributed by atoms with Crippen LogP contribution in [0.5, 0.6) is 11.5 Å². The van der Waals surface area contributed by atoms with Gasteiger partial charge in [0, 0.05) is 23.5 Å². The van der Waals surface area contributed by atoms with Gasteiger partial charge in [-0.2, -0.15) is 0 Å². The van der Waals surface area contributed by atoms with Crippen molar-refractivity contribution in [3.63, 3.8) is 0 Å². The van der Waals surface area contributed by atoms with Crippen LogP contribution in [0, 0.1) is 0 Å². The Hall–Kier alpha value is -4.53. The number of carboxylic acid groups (broad SMARTS) is 1. The molecular weight excluding hydrogens is 424 g/mol. The number of rotatable bonds is 6. The Balaban J connectivity index is 1.98. The molecule has 33 heavy (non-hydrogen) atoms. The fraction of sp³-hybridized carbons (Fsp3) is 0.125. The Kier molecular flexibility index (Phi) is 5.86. The van der Waals surface area contributed by atoms with Crippen molar-refractivity contribution in [1.29, 1.82) is 0 Å². The molecule has 0 radical (unpaired) electrons. The minimum absolute atomic E-state index is 0.259. The molecule has 4 rings (SSSR count). The number of aromatic nitrogens is 1. The first-order chi connectivity index (χ1) is 16.0. The lowest BCUT2D eigenvalue weighted by Crippen LogP contribution is -2.18. The Labute approximate surface area is 189 Å². The highest BCUT2D eigenvalue weighted by Gasteiger charge is 2.18. The maximum Gasteiger partial charge on any atom is 0.409 e. The standard InChI is InChI=1S/C24H22N4O5/c1-25-23(29)16-8-4-6-14-20(15-7-5-9-19(33-3)22(15)28-21(14)16)26-13-10-11-18(32-2)17(12-13)27-24(30)31/h4-12,27H,1-3H3,(H,25,29)(H,26,28)(H,30,31). The number of carbonyl (C=O) groups excluding carboxylic acids is 1. The van der Waals surface area contributed by atoms with E-state index in [0.717, 1.165) is 10.8 Å². The van der Waals surface area contributed by atoms with Gasteiger partial charge in [-0.15, -0.1) is 0 Å². The minimum Gasteiger partial charge on any atom is -0.495 e. The monoisotopic (exact) mass is 446 g/mol. The molecular formula is C24H22N4O5. The Morgan fingerprint density at radius 2 is 1.61 bits per heavy atom. The predicted molar refractivity (Wildman–Crippen MR) is 127 cm³/mol. The Morgan fingerprint density at radius 1 is 0.909 bits per heavy atom. The fourth-order valence-electron chi connectivity index (χ4n) is 3.72. The molecule has 0 aliphatic rings. The molecule has 0 fully saturated rings. The average molecular weight is 446 g/mol. The van der Waals surface area contributed by atoms with Gasteiger partial charge in [0.15, 0.2) is 0 Å². The number of amides is 2. The molecule has 0 unspecified atom stereocenters. The summed E-state index contributed by atoms with van der Waals surface area (Å²) in [6.45, 7) is 0. The predicted octanol–water partition coefficient (Wildman–Crippen LogP) is 4.60. The van der Waals surface area contributed by atoms with Crippen LogP contribution in [-0.2, 0) is 0 Å². The number of hydrogen-bond acceptors (Lipinski definition) is 6. The van der Waals surface area contributed by atoms with E-state index in [1.165, 1.54) is 7.11 Å². The number of para-hydroxylation sites is 2. The number of fused-ring (bicyclic) bond motifs is 2. The molecule has 0 aliphatic carbocycles. The third kappa shape index (κ3) is 4.03. The first kappa shape index (κ1) is 21.7. The Morgan fingerprint density at radius 3 is 2.27 bits per heavy atom. The molecule has 168 valence electrons. The first-order valence-corrected chi connectivity index (χ1v) is 10.0. The molecule has 4 N–H and O–H groups in total. The SMILES string of the molecule is CNC(=O)c1cccc2c(Nc3ccc(OC)c(NC(=O)O)c3)c3cccc(OC)c3nc12. The third-order valence-electron chi connectivity index (χ3n) is 5.20. The molecule has 0 spiro atoms. The zero-order chi connectivity index (χ0) is 23.5. The Bertz CT molecular complexity index is 1390. The summed E-state index contributed by atoms with van der Waals surface area (Å²) >= 11 is 0. The number of methoxy groups -OCH3 is 2. The summed E-state index contributed by atoms with van der Waals surface area (Å²) in [4.78, 5) is 28.5. The van der Waals surface area contributed by atoms with Crippen molar-refractivity contribution in [3.8, 4) is 11.5 Å². The van der Waals surface area contributed by atoms with Crippen molar-refractivity contribution >= 4 is 50.9 Å². The first-order valence-electron chi connectivity index (χ1n) is 10.0. The smallest absolute Gasteiger partial charge is 0.409 e. The van der Waals surface area contributed by atoms with Crippen LogP contribution in [0.1, 0.15) is 10.4 Å². The van der Waals surface area contributed by atoms with Crippen LogP contribution in [0.4, 0.5) is 21.9 Å². The van der Waals surface area contributed by atoms with Gasteiger partial charge in [0.25, 0.3) is 5.91 Å². The largest absolute Gasteiger partial charge is 0.495 e. The molecule has 0 bridgehead atoms. The molecule has 0 saturated carbocycles. The zero-order valence-corrected chi connectivity index (χ0v) is 18.2. The van der Waals surface area contributed by atoms with Gasteiger partial charge in [-0.25, -0.2) is 9.78 Å². The minimum atomic E-state index is -1.20. The molecule has 0 atom stereocenters. The highest BCUT2D eigenvalue weighted by Crippen LogP contribution is 2.38. The van der Waals surface area contributed by atoms with Gasteiger partial charge in [-0.3, -0.25) is 10.1 Å². The molecule has 3 aromatic carbocycles. The topological polar surface area (TPSA) is 122 Å². The van der Waals surface area contributed by atoms with E-state index in [9.17, 15) is 9.59 Å². The van der Waals surface area contributed by atoms with Crippen LogP contribution >= 0.6 is 0 Å². The van der Waals surface area contributed by atoms with Crippen LogP contribution in [0.3, 0.4) is 0 Å². The number of benzene rings is 3. The van der Waals surface area contributed by atoms with Crippen molar-refractivity contribution in [3.05, 3.63) is 60.2 Å². The number of anilines is 3. The maximum absolute atomic E-state index is 12.5. The van der Waals surface area contributed by atoms with E-state index in [1.54, 1.807) is 50.6 Å². The second-order valence-electron chi connectivity index (χ2n) is 7.09. The van der Waals surface area contributed by atoms with E-state index in [1.807, 2.05) is 18.2 Å². The van der Waals surface area contributed by atoms with E-state index >= 15 is 0 Å². The molecule has 1 aromatic heterocycles. The van der Waals surface area contributed by atoms with E-state index in [-0.39, 0.29) is 5.91 Å². The van der Waals surface area contributed by atoms with Crippen LogP contribution < -0.4 is 25.4 Å². The summed E-state index contributed by atoms with van der Waals surface area (Å²) in [5, 5.41) is 19.0. The fourth-order valence-corrected chi connectivity index (χ4v) is 3.72. The summed E-state index contributed by atoms with van der Waals surface area (Å²) in [7, 11) is 4.59. The highest BCUT2D eigenvalue weighted by atomic mass is 16.5. The van der Waals surface area contributed by atoms with Crippen molar-refractivity contribution in [2.24, 2.45) is 0 Å². The normalized spacial score (nSPS) is 10.6. The third-order valence-corrected chi connectivity index (χ3v) is 5.20. The summed E-state index contributed by atoms with van der Waals surface area (Å²) in [5.74, 6) is 0.689. The van der Waals surface area contributed by atoms with Gasteiger partial charge in [-0.1, -0.05) is 24.3 Å². The maximum atomic E-state index is 12.5. The van der Waals surface area contributed by atoms with Gasteiger partial charge in [-0.05, 0) is 30.3 Å². The van der Waals surface area contributed by atoms with E-state index in [0.29, 0.717) is 45.2 Å². The number of pyridine rings is 1. The van der Waals surface area contributed by atoms with Gasteiger partial charge < -0.3 is 25.2 Å². The van der Waals surface area contributed by atoms with E-state index in [2.05, 4.69) is 16.0 Å². The lowest BCUT2D eigenvalue weighted by molar-refractivity contribution is 0.0964. The van der Waals surface area contributed by atoms with Crippen molar-refractivity contribution in [2.75, 3.05) is 31.9 Å². The molecule has 1 heterocycles. The molecule has 2 amide bonds. The number of carbonyl (C=O) groups is 2. The molecule has 9 heteroatoms. The summed E-state index contributed by atoms with van der Waals surface area (Å²) in [6, 6.07) is 16.0. The van der Waals surface area contributed by atoms with Gasteiger partial charge in [0.2, 0.25) is 0 Å². The summed E-state index contributed by atoms with van der Waals surface area (Å²) in [6.07, 6.45) is -1.20. The quantitative estimate of drug-likeness (QED) is 0.319. The van der Waals surface area contributed by atoms with Gasteiger partial charge >= 0.3 is 6.09 Å². The van der Waals surface area contributed by atoms with E-state index in [4.69, 9.17) is 19.6 Å². The number of ether oxygens (including phenoxy) is 2. The van der Waals surface area contributed by atoms with Crippen LogP contribution in [-0.4, -0.2) is 43.4 Å². The van der Waals surface area contributed by atoms with Crippen LogP contribution in [0.25, 0.3) is 21.8 Å². The van der Waals surface area contributed by atoms with Gasteiger partial charge in [0.05, 0.1) is 36.7 Å². The average Bonchev–Trinajstić information content (AvgIpc) is 2.82. The van der Waals surface area contributed by atoms with Crippen molar-refractivity contribution in [1.82, 2.24) is 10.3 Å². The second-order valence-corrected chi connectivity index (χ2v) is 7.09. The van der Waals surface area contributed by atoms with E-state index < -0.39 is 6.09 Å². The van der Waals surface area contributed by atoms with Crippen LogP contribution in [0.15, 0.2) is 54.6 Å². The van der Waals surface area contributed by atoms with Gasteiger partial charge in [0.1, 0.15) is 17.0 Å². The number of nitrogens with zero attached hydrogens (tertiary/aromatic N) is 1. The van der Waals surface area contributed by atoms with Crippen molar-refractivity contribution < 1.29 is 24.2 Å². The lowest BCUT2D eigenvalue weighted by Gasteiger charge is -2.17. The number of nitrogens with one attached hydrogen (secondary N) is 3. The molecule has 4 aromatic rings. The molecule has 0 saturated heterocycles. The lowest BCUT2D eigenvalue weighted by atomic mass is 10.0.